The molecule has 2 aliphatic heterocycles. The SMILES string of the molecule is CCC1CC(=O)N(C)C(=O)C(C2NCCc3c2[nH]c2ccc(OC)cc32)C1=O. The molecule has 0 radical (unpaired) electrons. The summed E-state index contributed by atoms with van der Waals surface area (Å²) in [6.45, 7) is 2.55. The van der Waals surface area contributed by atoms with Crippen molar-refractivity contribution in [3.05, 3.63) is 29.5 Å². The third-order valence-electron chi connectivity index (χ3n) is 6.12. The molecule has 1 aromatic heterocycles. The average molecular weight is 383 g/mol. The van der Waals surface area contributed by atoms with E-state index in [1.807, 2.05) is 25.1 Å². The lowest BCUT2D eigenvalue weighted by atomic mass is 9.81. The van der Waals surface area contributed by atoms with Crippen molar-refractivity contribution in [3.8, 4) is 5.75 Å². The summed E-state index contributed by atoms with van der Waals surface area (Å²) in [4.78, 5) is 43.2. The van der Waals surface area contributed by atoms with Gasteiger partial charge in [0, 0.05) is 36.0 Å². The zero-order valence-electron chi connectivity index (χ0n) is 16.4. The summed E-state index contributed by atoms with van der Waals surface area (Å²) in [5, 5.41) is 4.41. The zero-order chi connectivity index (χ0) is 20.0. The summed E-state index contributed by atoms with van der Waals surface area (Å²) in [5.74, 6) is -1.43. The van der Waals surface area contributed by atoms with Crippen molar-refractivity contribution >= 4 is 28.5 Å². The molecule has 2 aromatic rings. The van der Waals surface area contributed by atoms with E-state index in [2.05, 4.69) is 10.3 Å². The Hall–Kier alpha value is -2.67. The van der Waals surface area contributed by atoms with E-state index in [1.165, 1.54) is 7.05 Å². The highest BCUT2D eigenvalue weighted by Crippen LogP contribution is 2.38. The summed E-state index contributed by atoms with van der Waals surface area (Å²) in [6, 6.07) is 5.34. The number of hydrogen-bond donors (Lipinski definition) is 2. The van der Waals surface area contributed by atoms with Gasteiger partial charge in [-0.05, 0) is 43.1 Å². The van der Waals surface area contributed by atoms with Gasteiger partial charge < -0.3 is 15.0 Å². The van der Waals surface area contributed by atoms with E-state index in [9.17, 15) is 14.4 Å². The first kappa shape index (κ1) is 18.7. The number of hydrogen-bond acceptors (Lipinski definition) is 5. The summed E-state index contributed by atoms with van der Waals surface area (Å²) >= 11 is 0. The number of benzene rings is 1. The smallest absolute Gasteiger partial charge is 0.241 e. The van der Waals surface area contributed by atoms with Crippen molar-refractivity contribution < 1.29 is 19.1 Å². The number of rotatable bonds is 3. The molecule has 0 bridgehead atoms. The number of imide groups is 1. The number of H-pyrrole nitrogens is 1. The van der Waals surface area contributed by atoms with Crippen LogP contribution in [0.4, 0.5) is 0 Å². The Bertz CT molecular complexity index is 964. The number of likely N-dealkylation sites (tertiary alicyclic amines) is 1. The fourth-order valence-corrected chi connectivity index (χ4v) is 4.46. The van der Waals surface area contributed by atoms with Crippen molar-refractivity contribution in [3.63, 3.8) is 0 Å². The molecule has 0 spiro atoms. The molecule has 148 valence electrons. The van der Waals surface area contributed by atoms with Crippen LogP contribution in [0.25, 0.3) is 10.9 Å². The van der Waals surface area contributed by atoms with Crippen LogP contribution in [0.2, 0.25) is 0 Å². The average Bonchev–Trinajstić information content (AvgIpc) is 3.06. The number of nitrogens with one attached hydrogen (secondary N) is 2. The Morgan fingerprint density at radius 1 is 1.25 bits per heavy atom. The van der Waals surface area contributed by atoms with Gasteiger partial charge in [0.05, 0.1) is 13.2 Å². The maximum Gasteiger partial charge on any atom is 0.241 e. The van der Waals surface area contributed by atoms with E-state index in [1.54, 1.807) is 7.11 Å². The van der Waals surface area contributed by atoms with Gasteiger partial charge in [0.1, 0.15) is 11.7 Å². The molecule has 2 aliphatic rings. The van der Waals surface area contributed by atoms with Crippen LogP contribution in [0.5, 0.6) is 5.75 Å². The summed E-state index contributed by atoms with van der Waals surface area (Å²) in [5.41, 5.74) is 2.91. The number of aromatic amines is 1. The van der Waals surface area contributed by atoms with Gasteiger partial charge in [-0.15, -0.1) is 0 Å². The zero-order valence-corrected chi connectivity index (χ0v) is 16.4. The lowest BCUT2D eigenvalue weighted by Crippen LogP contribution is -2.46. The van der Waals surface area contributed by atoms with Crippen LogP contribution in [0.3, 0.4) is 0 Å². The maximum absolute atomic E-state index is 13.2. The highest BCUT2D eigenvalue weighted by Gasteiger charge is 2.46. The second-order valence-corrected chi connectivity index (χ2v) is 7.59. The maximum atomic E-state index is 13.2. The minimum absolute atomic E-state index is 0.0948. The summed E-state index contributed by atoms with van der Waals surface area (Å²) < 4.78 is 5.35. The molecule has 1 saturated heterocycles. The van der Waals surface area contributed by atoms with Crippen molar-refractivity contribution in [1.29, 1.82) is 0 Å². The molecule has 28 heavy (non-hydrogen) atoms. The molecule has 2 N–H and O–H groups in total. The lowest BCUT2D eigenvalue weighted by molar-refractivity contribution is -0.146. The van der Waals surface area contributed by atoms with Crippen LogP contribution in [0.1, 0.15) is 37.1 Å². The Morgan fingerprint density at radius 2 is 2.04 bits per heavy atom. The van der Waals surface area contributed by atoms with Crippen molar-refractivity contribution in [2.24, 2.45) is 11.8 Å². The molecule has 1 aromatic carbocycles. The molecule has 7 nitrogen and oxygen atoms in total. The number of fused-ring (bicyclic) bond motifs is 3. The second-order valence-electron chi connectivity index (χ2n) is 7.59. The first-order valence-electron chi connectivity index (χ1n) is 9.72. The molecule has 3 unspecified atom stereocenters. The van der Waals surface area contributed by atoms with Crippen molar-refractivity contribution in [1.82, 2.24) is 15.2 Å². The van der Waals surface area contributed by atoms with Gasteiger partial charge in [-0.25, -0.2) is 0 Å². The Morgan fingerprint density at radius 3 is 2.75 bits per heavy atom. The molecule has 4 rings (SSSR count). The van der Waals surface area contributed by atoms with E-state index in [0.717, 1.165) is 39.2 Å². The van der Waals surface area contributed by atoms with E-state index >= 15 is 0 Å². The Kier molecular flexibility index (Phi) is 4.71. The molecule has 7 heteroatoms. The summed E-state index contributed by atoms with van der Waals surface area (Å²) in [6.07, 6.45) is 1.43. The van der Waals surface area contributed by atoms with Crippen LogP contribution in [0.15, 0.2) is 18.2 Å². The predicted octanol–water partition coefficient (Wildman–Crippen LogP) is 1.96. The number of carbonyl (C=O) groups is 3. The van der Waals surface area contributed by atoms with Gasteiger partial charge in [-0.1, -0.05) is 6.92 Å². The fraction of sp³-hybridized carbons (Fsp3) is 0.476. The van der Waals surface area contributed by atoms with Crippen LogP contribution in [0, 0.1) is 11.8 Å². The normalized spacial score (nSPS) is 25.8. The number of methoxy groups -OCH3 is 1. The van der Waals surface area contributed by atoms with Crippen LogP contribution in [-0.4, -0.2) is 48.2 Å². The van der Waals surface area contributed by atoms with Crippen LogP contribution >= 0.6 is 0 Å². The lowest BCUT2D eigenvalue weighted by Gasteiger charge is -2.31. The van der Waals surface area contributed by atoms with Crippen LogP contribution < -0.4 is 10.1 Å². The van der Waals surface area contributed by atoms with Crippen molar-refractivity contribution in [2.45, 2.75) is 32.2 Å². The molecule has 2 amide bonds. The highest BCUT2D eigenvalue weighted by molar-refractivity contribution is 6.11. The molecule has 3 heterocycles. The fourth-order valence-electron chi connectivity index (χ4n) is 4.46. The number of ether oxygens (including phenoxy) is 1. The van der Waals surface area contributed by atoms with Gasteiger partial charge in [0.15, 0.2) is 5.78 Å². The molecular weight excluding hydrogens is 358 g/mol. The topological polar surface area (TPSA) is 91.5 Å². The van der Waals surface area contributed by atoms with Gasteiger partial charge >= 0.3 is 0 Å². The minimum Gasteiger partial charge on any atom is -0.497 e. The van der Waals surface area contributed by atoms with E-state index in [-0.39, 0.29) is 18.1 Å². The Balaban J connectivity index is 1.82. The minimum atomic E-state index is -0.907. The number of carbonyl (C=O) groups excluding carboxylic acids is 3. The van der Waals surface area contributed by atoms with E-state index < -0.39 is 23.8 Å². The molecule has 0 aliphatic carbocycles. The number of Topliss-reactive ketones (excluding diaryl/α,β-unsaturated/α-hetero) is 1. The monoisotopic (exact) mass is 383 g/mol. The van der Waals surface area contributed by atoms with E-state index in [4.69, 9.17) is 4.74 Å². The van der Waals surface area contributed by atoms with Gasteiger partial charge in [0.25, 0.3) is 0 Å². The molecule has 1 fully saturated rings. The van der Waals surface area contributed by atoms with Crippen LogP contribution in [-0.2, 0) is 20.8 Å². The first-order chi connectivity index (χ1) is 13.5. The highest BCUT2D eigenvalue weighted by atomic mass is 16.5. The Labute approximate surface area is 163 Å². The number of nitrogens with zero attached hydrogens (tertiary/aromatic N) is 1. The molecule has 3 atom stereocenters. The number of amides is 2. The van der Waals surface area contributed by atoms with E-state index in [0.29, 0.717) is 13.0 Å². The quantitative estimate of drug-likeness (QED) is 0.625. The third kappa shape index (κ3) is 2.81. The second kappa shape index (κ2) is 7.05. The molecular formula is C21H25N3O4. The standard InChI is InChI=1S/C21H25N3O4/c1-4-11-9-16(25)24(2)21(27)17(20(11)26)19-18-13(7-8-22-19)14-10-12(28-3)5-6-15(14)23-18/h5-6,10-11,17,19,22-23H,4,7-9H2,1-3H3. The van der Waals surface area contributed by atoms with Gasteiger partial charge in [-0.3, -0.25) is 19.3 Å². The number of aromatic nitrogens is 1. The van der Waals surface area contributed by atoms with Gasteiger partial charge in [-0.2, -0.15) is 0 Å². The number of ketones is 1. The third-order valence-corrected chi connectivity index (χ3v) is 6.12. The van der Waals surface area contributed by atoms with Crippen molar-refractivity contribution in [2.75, 3.05) is 20.7 Å². The van der Waals surface area contributed by atoms with Gasteiger partial charge in [0.2, 0.25) is 11.8 Å². The predicted molar refractivity (Wildman–Crippen MR) is 104 cm³/mol. The largest absolute Gasteiger partial charge is 0.497 e. The molecule has 0 saturated carbocycles. The summed E-state index contributed by atoms with van der Waals surface area (Å²) in [7, 11) is 3.11. The first-order valence-corrected chi connectivity index (χ1v) is 9.72.